The molecule has 1 N–H and O–H groups in total. The van der Waals surface area contributed by atoms with Gasteiger partial charge in [0.1, 0.15) is 5.75 Å². The molecule has 0 bridgehead atoms. The summed E-state index contributed by atoms with van der Waals surface area (Å²) in [6.07, 6.45) is 3.81. The van der Waals surface area contributed by atoms with E-state index in [0.717, 1.165) is 22.4 Å². The van der Waals surface area contributed by atoms with Crippen LogP contribution in [0.15, 0.2) is 18.2 Å². The lowest BCUT2D eigenvalue weighted by molar-refractivity contribution is 0.276. The number of rotatable bonds is 3. The van der Waals surface area contributed by atoms with Crippen LogP contribution in [0.3, 0.4) is 0 Å². The van der Waals surface area contributed by atoms with E-state index in [-0.39, 0.29) is 0 Å². The van der Waals surface area contributed by atoms with Crippen molar-refractivity contribution in [1.29, 1.82) is 0 Å². The second kappa shape index (κ2) is 5.83. The SMILES string of the molecule is COc1ccc(Cl)cc1NC1CCC(C)CC1C. The molecule has 1 aliphatic rings. The number of benzene rings is 1. The largest absolute Gasteiger partial charge is 0.495 e. The molecule has 1 aromatic carbocycles. The first-order valence-corrected chi connectivity index (χ1v) is 7.08. The molecule has 1 aromatic rings. The van der Waals surface area contributed by atoms with Crippen LogP contribution in [0.2, 0.25) is 5.02 Å². The van der Waals surface area contributed by atoms with Crippen molar-refractivity contribution in [1.82, 2.24) is 0 Å². The van der Waals surface area contributed by atoms with Crippen molar-refractivity contribution in [3.05, 3.63) is 23.2 Å². The van der Waals surface area contributed by atoms with Gasteiger partial charge in [0, 0.05) is 11.1 Å². The summed E-state index contributed by atoms with van der Waals surface area (Å²) in [6.45, 7) is 4.66. The molecule has 2 nitrogen and oxygen atoms in total. The molecule has 3 heteroatoms. The number of nitrogens with one attached hydrogen (secondary N) is 1. The summed E-state index contributed by atoms with van der Waals surface area (Å²) in [4.78, 5) is 0. The van der Waals surface area contributed by atoms with Crippen molar-refractivity contribution in [3.8, 4) is 5.75 Å². The fourth-order valence-electron chi connectivity index (χ4n) is 2.87. The van der Waals surface area contributed by atoms with Crippen molar-refractivity contribution in [2.75, 3.05) is 12.4 Å². The zero-order valence-electron chi connectivity index (χ0n) is 11.4. The lowest BCUT2D eigenvalue weighted by atomic mass is 9.80. The number of methoxy groups -OCH3 is 1. The molecule has 0 saturated heterocycles. The highest BCUT2D eigenvalue weighted by Gasteiger charge is 2.25. The summed E-state index contributed by atoms with van der Waals surface area (Å²) in [5.74, 6) is 2.40. The van der Waals surface area contributed by atoms with Crippen molar-refractivity contribution < 1.29 is 4.74 Å². The van der Waals surface area contributed by atoms with Gasteiger partial charge < -0.3 is 10.1 Å². The summed E-state index contributed by atoms with van der Waals surface area (Å²) < 4.78 is 5.38. The fourth-order valence-corrected chi connectivity index (χ4v) is 3.04. The first-order valence-electron chi connectivity index (χ1n) is 6.70. The van der Waals surface area contributed by atoms with E-state index >= 15 is 0 Å². The third-order valence-corrected chi connectivity index (χ3v) is 4.17. The van der Waals surface area contributed by atoms with Crippen LogP contribution in [0.4, 0.5) is 5.69 Å². The summed E-state index contributed by atoms with van der Waals surface area (Å²) in [7, 11) is 1.70. The Morgan fingerprint density at radius 1 is 1.28 bits per heavy atom. The normalized spacial score (nSPS) is 27.9. The quantitative estimate of drug-likeness (QED) is 0.865. The van der Waals surface area contributed by atoms with Crippen molar-refractivity contribution in [3.63, 3.8) is 0 Å². The molecule has 2 rings (SSSR count). The molecular formula is C15H22ClNO. The second-order valence-corrected chi connectivity index (χ2v) is 5.93. The van der Waals surface area contributed by atoms with E-state index in [1.54, 1.807) is 7.11 Å². The van der Waals surface area contributed by atoms with Crippen LogP contribution in [0.25, 0.3) is 0 Å². The molecule has 0 amide bonds. The van der Waals surface area contributed by atoms with Crippen LogP contribution in [0.5, 0.6) is 5.75 Å². The smallest absolute Gasteiger partial charge is 0.142 e. The van der Waals surface area contributed by atoms with E-state index in [1.807, 2.05) is 18.2 Å². The Labute approximate surface area is 115 Å². The molecule has 0 aliphatic heterocycles. The van der Waals surface area contributed by atoms with Crippen LogP contribution in [-0.2, 0) is 0 Å². The zero-order chi connectivity index (χ0) is 13.1. The van der Waals surface area contributed by atoms with Crippen LogP contribution in [-0.4, -0.2) is 13.2 Å². The fraction of sp³-hybridized carbons (Fsp3) is 0.600. The average molecular weight is 268 g/mol. The molecule has 1 aliphatic carbocycles. The van der Waals surface area contributed by atoms with Crippen LogP contribution < -0.4 is 10.1 Å². The first-order chi connectivity index (χ1) is 8.60. The topological polar surface area (TPSA) is 21.3 Å². The molecule has 1 saturated carbocycles. The van der Waals surface area contributed by atoms with E-state index in [1.165, 1.54) is 19.3 Å². The van der Waals surface area contributed by atoms with Gasteiger partial charge in [-0.1, -0.05) is 25.4 Å². The molecule has 0 heterocycles. The highest BCUT2D eigenvalue weighted by Crippen LogP contribution is 2.34. The summed E-state index contributed by atoms with van der Waals surface area (Å²) in [5.41, 5.74) is 1.01. The predicted octanol–water partition coefficient (Wildman–Crippen LogP) is 4.59. The molecule has 100 valence electrons. The van der Waals surface area contributed by atoms with E-state index in [2.05, 4.69) is 19.2 Å². The van der Waals surface area contributed by atoms with Gasteiger partial charge in [0.15, 0.2) is 0 Å². The van der Waals surface area contributed by atoms with Gasteiger partial charge in [-0.05, 0) is 49.3 Å². The van der Waals surface area contributed by atoms with Crippen molar-refractivity contribution >= 4 is 17.3 Å². The van der Waals surface area contributed by atoms with E-state index in [0.29, 0.717) is 12.0 Å². The van der Waals surface area contributed by atoms with Gasteiger partial charge in [-0.2, -0.15) is 0 Å². The monoisotopic (exact) mass is 267 g/mol. The predicted molar refractivity (Wildman–Crippen MR) is 77.6 cm³/mol. The Morgan fingerprint density at radius 3 is 2.72 bits per heavy atom. The molecule has 1 fully saturated rings. The number of ether oxygens (including phenoxy) is 1. The number of hydrogen-bond donors (Lipinski definition) is 1. The van der Waals surface area contributed by atoms with E-state index < -0.39 is 0 Å². The van der Waals surface area contributed by atoms with Gasteiger partial charge in [0.2, 0.25) is 0 Å². The molecule has 3 atom stereocenters. The number of hydrogen-bond acceptors (Lipinski definition) is 2. The van der Waals surface area contributed by atoms with E-state index in [4.69, 9.17) is 16.3 Å². The Morgan fingerprint density at radius 2 is 2.06 bits per heavy atom. The summed E-state index contributed by atoms with van der Waals surface area (Å²) >= 11 is 6.06. The molecular weight excluding hydrogens is 246 g/mol. The van der Waals surface area contributed by atoms with Crippen LogP contribution >= 0.6 is 11.6 Å². The number of anilines is 1. The Hall–Kier alpha value is -0.890. The average Bonchev–Trinajstić information content (AvgIpc) is 2.33. The zero-order valence-corrected chi connectivity index (χ0v) is 12.1. The van der Waals surface area contributed by atoms with Crippen molar-refractivity contribution in [2.45, 2.75) is 39.2 Å². The maximum absolute atomic E-state index is 6.06. The minimum atomic E-state index is 0.522. The van der Waals surface area contributed by atoms with Crippen LogP contribution in [0, 0.1) is 11.8 Å². The minimum absolute atomic E-state index is 0.522. The standard InChI is InChI=1S/C15H22ClNO/c1-10-4-6-13(11(2)8-10)17-14-9-12(16)5-7-15(14)18-3/h5,7,9-11,13,17H,4,6,8H2,1-3H3. The minimum Gasteiger partial charge on any atom is -0.495 e. The molecule has 18 heavy (non-hydrogen) atoms. The first kappa shape index (κ1) is 13.5. The number of halogens is 1. The molecule has 3 unspecified atom stereocenters. The third kappa shape index (κ3) is 3.11. The molecule has 0 radical (unpaired) electrons. The lowest BCUT2D eigenvalue weighted by Crippen LogP contribution is -2.33. The summed E-state index contributed by atoms with van der Waals surface area (Å²) in [6, 6.07) is 6.25. The second-order valence-electron chi connectivity index (χ2n) is 5.49. The van der Waals surface area contributed by atoms with Gasteiger partial charge in [0.25, 0.3) is 0 Å². The Balaban J connectivity index is 2.11. The van der Waals surface area contributed by atoms with Gasteiger partial charge in [-0.3, -0.25) is 0 Å². The van der Waals surface area contributed by atoms with Crippen LogP contribution in [0.1, 0.15) is 33.1 Å². The Kier molecular flexibility index (Phi) is 4.39. The Bertz CT molecular complexity index is 407. The molecule has 0 spiro atoms. The van der Waals surface area contributed by atoms with Crippen molar-refractivity contribution in [2.24, 2.45) is 11.8 Å². The highest BCUT2D eigenvalue weighted by atomic mass is 35.5. The van der Waals surface area contributed by atoms with Gasteiger partial charge in [-0.25, -0.2) is 0 Å². The maximum atomic E-state index is 6.06. The van der Waals surface area contributed by atoms with Gasteiger partial charge in [-0.15, -0.1) is 0 Å². The highest BCUT2D eigenvalue weighted by molar-refractivity contribution is 6.30. The third-order valence-electron chi connectivity index (χ3n) is 3.93. The van der Waals surface area contributed by atoms with E-state index in [9.17, 15) is 0 Å². The summed E-state index contributed by atoms with van der Waals surface area (Å²) in [5, 5.41) is 4.35. The maximum Gasteiger partial charge on any atom is 0.142 e. The lowest BCUT2D eigenvalue weighted by Gasteiger charge is -2.34. The molecule has 0 aromatic heterocycles. The van der Waals surface area contributed by atoms with Gasteiger partial charge >= 0.3 is 0 Å². The van der Waals surface area contributed by atoms with Gasteiger partial charge in [0.05, 0.1) is 12.8 Å².